The standard InChI is InChI=1S/C29H32ClFN4O3/c1-2-32-9-7-20(8-10-32)18-3-5-19(6-4-18)21-11-23-24(25(30)12-21)16-34(29(23)38)35-17-33-15-22(31)13-26(33)27(35)14-28(36)37/h3-6,11-12,20,22H,2,7-10,13-17H2,1H3,(H,36,37)/t22-/m1/s1. The molecule has 38 heavy (non-hydrogen) atoms. The molecule has 200 valence electrons. The molecule has 0 radical (unpaired) electrons. The van der Waals surface area contributed by atoms with Gasteiger partial charge in [-0.1, -0.05) is 42.8 Å². The first-order chi connectivity index (χ1) is 18.3. The largest absolute Gasteiger partial charge is 0.481 e. The molecule has 0 spiro atoms. The molecule has 1 atom stereocenters. The van der Waals surface area contributed by atoms with Crippen LogP contribution in [0.5, 0.6) is 0 Å². The molecule has 4 heterocycles. The highest BCUT2D eigenvalue weighted by atomic mass is 35.5. The summed E-state index contributed by atoms with van der Waals surface area (Å²) in [5, 5.41) is 13.3. The number of carbonyl (C=O) groups is 2. The molecule has 2 fully saturated rings. The zero-order chi connectivity index (χ0) is 26.6. The van der Waals surface area contributed by atoms with E-state index in [1.165, 1.54) is 18.4 Å². The number of nitrogens with zero attached hydrogens (tertiary/aromatic N) is 4. The Morgan fingerprint density at radius 2 is 1.84 bits per heavy atom. The Morgan fingerprint density at radius 1 is 1.11 bits per heavy atom. The Kier molecular flexibility index (Phi) is 6.56. The van der Waals surface area contributed by atoms with Crippen LogP contribution >= 0.6 is 11.6 Å². The molecular weight excluding hydrogens is 507 g/mol. The Labute approximate surface area is 227 Å². The van der Waals surface area contributed by atoms with Crippen LogP contribution in [-0.2, 0) is 11.3 Å². The maximum Gasteiger partial charge on any atom is 0.309 e. The highest BCUT2D eigenvalue weighted by Gasteiger charge is 2.43. The summed E-state index contributed by atoms with van der Waals surface area (Å²) in [6, 6.07) is 12.4. The normalized spacial score (nSPS) is 22.0. The van der Waals surface area contributed by atoms with Crippen LogP contribution in [0.1, 0.15) is 60.0 Å². The van der Waals surface area contributed by atoms with Crippen molar-refractivity contribution in [2.75, 3.05) is 32.8 Å². The average molecular weight is 539 g/mol. The van der Waals surface area contributed by atoms with Crippen molar-refractivity contribution < 1.29 is 19.1 Å². The van der Waals surface area contributed by atoms with E-state index in [0.29, 0.717) is 27.9 Å². The van der Waals surface area contributed by atoms with Crippen LogP contribution in [0.3, 0.4) is 0 Å². The second-order valence-corrected chi connectivity index (χ2v) is 11.1. The number of hydrogen-bond donors (Lipinski definition) is 1. The van der Waals surface area contributed by atoms with Gasteiger partial charge in [0.25, 0.3) is 5.91 Å². The van der Waals surface area contributed by atoms with Crippen molar-refractivity contribution in [3.05, 3.63) is 69.5 Å². The molecule has 0 aromatic heterocycles. The van der Waals surface area contributed by atoms with Crippen LogP contribution in [0, 0.1) is 0 Å². The lowest BCUT2D eigenvalue weighted by molar-refractivity contribution is -0.137. The molecule has 4 aliphatic heterocycles. The molecule has 0 bridgehead atoms. The van der Waals surface area contributed by atoms with Crippen LogP contribution in [0.15, 0.2) is 47.8 Å². The SMILES string of the molecule is CCN1CCC(c2ccc(-c3cc(Cl)c4c(c3)C(=O)N(N3CN5C[C@H](F)CC5=C3CC(=O)O)C4)cc2)CC1. The zero-order valence-corrected chi connectivity index (χ0v) is 22.3. The number of amides is 1. The molecule has 1 amide bonds. The van der Waals surface area contributed by atoms with Gasteiger partial charge in [-0.3, -0.25) is 14.6 Å². The fraction of sp³-hybridized carbons (Fsp3) is 0.448. The maximum atomic E-state index is 14.0. The van der Waals surface area contributed by atoms with Gasteiger partial charge in [-0.2, -0.15) is 0 Å². The summed E-state index contributed by atoms with van der Waals surface area (Å²) < 4.78 is 14.0. The molecule has 2 aromatic rings. The fourth-order valence-corrected chi connectivity index (χ4v) is 6.67. The molecular formula is C29H32ClFN4O3. The van der Waals surface area contributed by atoms with Gasteiger partial charge in [0.15, 0.2) is 0 Å². The number of fused-ring (bicyclic) bond motifs is 2. The number of likely N-dealkylation sites (tertiary alicyclic amines) is 1. The third-order valence-electron chi connectivity index (χ3n) is 8.49. The molecule has 0 saturated carbocycles. The molecule has 0 unspecified atom stereocenters. The number of alkyl halides is 1. The van der Waals surface area contributed by atoms with Gasteiger partial charge in [0, 0.05) is 28.3 Å². The summed E-state index contributed by atoms with van der Waals surface area (Å²) in [6.07, 6.45) is 1.23. The van der Waals surface area contributed by atoms with Gasteiger partial charge < -0.3 is 14.9 Å². The number of allylic oxidation sites excluding steroid dienone is 1. The quantitative estimate of drug-likeness (QED) is 0.553. The molecule has 2 saturated heterocycles. The number of carbonyl (C=O) groups excluding carboxylic acids is 1. The smallest absolute Gasteiger partial charge is 0.309 e. The topological polar surface area (TPSA) is 67.3 Å². The van der Waals surface area contributed by atoms with E-state index >= 15 is 0 Å². The van der Waals surface area contributed by atoms with E-state index in [2.05, 4.69) is 36.1 Å². The maximum absolute atomic E-state index is 14.0. The Bertz CT molecular complexity index is 1310. The van der Waals surface area contributed by atoms with Gasteiger partial charge in [-0.05, 0) is 67.2 Å². The molecule has 9 heteroatoms. The van der Waals surface area contributed by atoms with Crippen molar-refractivity contribution in [1.82, 2.24) is 19.8 Å². The van der Waals surface area contributed by atoms with E-state index in [4.69, 9.17) is 11.6 Å². The molecule has 1 N–H and O–H groups in total. The number of benzene rings is 2. The first-order valence-corrected chi connectivity index (χ1v) is 13.8. The third kappa shape index (κ3) is 4.43. The lowest BCUT2D eigenvalue weighted by Gasteiger charge is -2.32. The lowest BCUT2D eigenvalue weighted by Crippen LogP contribution is -2.43. The van der Waals surface area contributed by atoms with Gasteiger partial charge >= 0.3 is 5.97 Å². The second kappa shape index (κ2) is 9.89. The molecule has 0 aliphatic carbocycles. The van der Waals surface area contributed by atoms with E-state index in [-0.39, 0.29) is 38.5 Å². The van der Waals surface area contributed by atoms with Crippen molar-refractivity contribution in [2.24, 2.45) is 0 Å². The van der Waals surface area contributed by atoms with E-state index in [0.717, 1.165) is 36.3 Å². The number of rotatable bonds is 6. The van der Waals surface area contributed by atoms with E-state index in [1.54, 1.807) is 10.0 Å². The number of carboxylic acids is 1. The van der Waals surface area contributed by atoms with Gasteiger partial charge in [0.2, 0.25) is 0 Å². The van der Waals surface area contributed by atoms with Crippen molar-refractivity contribution in [1.29, 1.82) is 0 Å². The minimum absolute atomic E-state index is 0.173. The van der Waals surface area contributed by atoms with Crippen molar-refractivity contribution in [3.8, 4) is 11.1 Å². The van der Waals surface area contributed by atoms with Crippen LogP contribution < -0.4 is 0 Å². The van der Waals surface area contributed by atoms with Crippen LogP contribution in [-0.4, -0.2) is 75.8 Å². The number of piperidine rings is 1. The van der Waals surface area contributed by atoms with E-state index in [9.17, 15) is 19.1 Å². The van der Waals surface area contributed by atoms with Crippen molar-refractivity contribution in [3.63, 3.8) is 0 Å². The summed E-state index contributed by atoms with van der Waals surface area (Å²) in [5.41, 5.74) is 5.64. The van der Waals surface area contributed by atoms with Crippen LogP contribution in [0.2, 0.25) is 5.02 Å². The number of carboxylic acid groups (broad SMARTS) is 1. The van der Waals surface area contributed by atoms with Gasteiger partial charge in [0.1, 0.15) is 12.8 Å². The molecule has 4 aliphatic rings. The monoisotopic (exact) mass is 538 g/mol. The minimum Gasteiger partial charge on any atom is -0.481 e. The number of hydrogen-bond acceptors (Lipinski definition) is 5. The second-order valence-electron chi connectivity index (χ2n) is 10.7. The van der Waals surface area contributed by atoms with Gasteiger partial charge in [0.05, 0.1) is 25.2 Å². The first kappa shape index (κ1) is 25.2. The predicted octanol–water partition coefficient (Wildman–Crippen LogP) is 5.08. The molecule has 2 aromatic carbocycles. The minimum atomic E-state index is -1.02. The van der Waals surface area contributed by atoms with Crippen LogP contribution in [0.25, 0.3) is 11.1 Å². The van der Waals surface area contributed by atoms with Gasteiger partial charge in [-0.25, -0.2) is 9.40 Å². The fourth-order valence-electron chi connectivity index (χ4n) is 6.39. The zero-order valence-electron chi connectivity index (χ0n) is 21.5. The Hall–Kier alpha value is -3.10. The Balaban J connectivity index is 1.23. The first-order valence-electron chi connectivity index (χ1n) is 13.4. The van der Waals surface area contributed by atoms with E-state index in [1.807, 2.05) is 17.0 Å². The summed E-state index contributed by atoms with van der Waals surface area (Å²) in [7, 11) is 0. The molecule has 6 rings (SSSR count). The molecule has 7 nitrogen and oxygen atoms in total. The van der Waals surface area contributed by atoms with Crippen molar-refractivity contribution in [2.45, 2.75) is 51.2 Å². The third-order valence-corrected chi connectivity index (χ3v) is 8.83. The van der Waals surface area contributed by atoms with Gasteiger partial charge in [-0.15, -0.1) is 0 Å². The summed E-state index contributed by atoms with van der Waals surface area (Å²) in [6.45, 7) is 6.32. The Morgan fingerprint density at radius 3 is 2.53 bits per heavy atom. The van der Waals surface area contributed by atoms with Crippen LogP contribution in [0.4, 0.5) is 4.39 Å². The number of hydrazine groups is 1. The number of aliphatic carboxylic acids is 1. The predicted molar refractivity (Wildman–Crippen MR) is 143 cm³/mol. The lowest BCUT2D eigenvalue weighted by atomic mass is 9.88. The highest BCUT2D eigenvalue weighted by molar-refractivity contribution is 6.32. The summed E-state index contributed by atoms with van der Waals surface area (Å²) >= 11 is 6.71. The summed E-state index contributed by atoms with van der Waals surface area (Å²) in [5.74, 6) is -0.655. The number of halogens is 2. The van der Waals surface area contributed by atoms with E-state index < -0.39 is 12.1 Å². The highest BCUT2D eigenvalue weighted by Crippen LogP contribution is 2.41. The average Bonchev–Trinajstić information content (AvgIpc) is 3.55. The summed E-state index contributed by atoms with van der Waals surface area (Å²) in [4.78, 5) is 29.5. The van der Waals surface area contributed by atoms with Crippen molar-refractivity contribution >= 4 is 23.5 Å².